The first-order valence-electron chi connectivity index (χ1n) is 9.68. The lowest BCUT2D eigenvalue weighted by molar-refractivity contribution is -0.122. The van der Waals surface area contributed by atoms with Gasteiger partial charge in [0.2, 0.25) is 0 Å². The summed E-state index contributed by atoms with van der Waals surface area (Å²) in [6, 6.07) is 4.61. The van der Waals surface area contributed by atoms with Crippen molar-refractivity contribution in [2.24, 2.45) is 0 Å². The molecule has 0 fully saturated rings. The van der Waals surface area contributed by atoms with Crippen LogP contribution >= 0.6 is 0 Å². The monoisotopic (exact) mass is 382 g/mol. The molecule has 1 aromatic carbocycles. The summed E-state index contributed by atoms with van der Waals surface area (Å²) in [6.07, 6.45) is 1.28. The molecular weight excluding hydrogens is 356 g/mol. The molecule has 0 atom stereocenters. The average Bonchev–Trinajstić information content (AvgIpc) is 2.67. The molecule has 5 heteroatoms. The van der Waals surface area contributed by atoms with E-state index in [0.717, 1.165) is 5.56 Å². The number of carbonyl (C=O) groups is 1. The lowest BCUT2D eigenvalue weighted by Crippen LogP contribution is -2.41. The van der Waals surface area contributed by atoms with Crippen molar-refractivity contribution in [1.29, 1.82) is 0 Å². The highest BCUT2D eigenvalue weighted by Crippen LogP contribution is 2.45. The Morgan fingerprint density at radius 2 is 1.64 bits per heavy atom. The summed E-state index contributed by atoms with van der Waals surface area (Å²) < 4.78 is 6.18. The predicted octanol–water partition coefficient (Wildman–Crippen LogP) is 4.95. The molecule has 1 heterocycles. The van der Waals surface area contributed by atoms with Gasteiger partial charge in [-0.15, -0.1) is 0 Å². The summed E-state index contributed by atoms with van der Waals surface area (Å²) >= 11 is 0. The third-order valence-corrected chi connectivity index (χ3v) is 6.20. The molecule has 3 rings (SSSR count). The molecule has 0 aliphatic heterocycles. The zero-order chi connectivity index (χ0) is 20.8. The molecule has 2 aromatic rings. The Balaban J connectivity index is 2.40. The molecule has 0 spiro atoms. The summed E-state index contributed by atoms with van der Waals surface area (Å²) in [5, 5.41) is 20.6. The van der Waals surface area contributed by atoms with E-state index in [2.05, 4.69) is 0 Å². The number of allylic oxidation sites excluding steroid dienone is 1. The summed E-state index contributed by atoms with van der Waals surface area (Å²) in [5.41, 5.74) is 1.20. The van der Waals surface area contributed by atoms with Gasteiger partial charge in [0.25, 0.3) is 0 Å². The fourth-order valence-corrected chi connectivity index (χ4v) is 4.13. The van der Waals surface area contributed by atoms with Gasteiger partial charge in [0, 0.05) is 17.2 Å². The van der Waals surface area contributed by atoms with Crippen LogP contribution in [0.25, 0.3) is 17.1 Å². The van der Waals surface area contributed by atoms with Crippen LogP contribution in [-0.4, -0.2) is 16.0 Å². The molecule has 1 aliphatic carbocycles. The molecule has 0 saturated heterocycles. The van der Waals surface area contributed by atoms with Gasteiger partial charge in [-0.3, -0.25) is 9.59 Å². The zero-order valence-electron chi connectivity index (χ0n) is 17.0. The molecule has 5 nitrogen and oxygen atoms in total. The number of ketones is 1. The van der Waals surface area contributed by atoms with Gasteiger partial charge in [0.05, 0.1) is 5.41 Å². The standard InChI is InChI=1S/C23H26O5/c1-6-14-20(26)19-17(25)11-18(15-9-10-16(24)13(5)12(15)4)28-22(19)23(7-2,8-3)21(14)27/h9-11,24,26H,6-8H2,1-5H3. The van der Waals surface area contributed by atoms with Crippen LogP contribution in [0, 0.1) is 13.8 Å². The molecular formula is C23H26O5. The number of phenols is 1. The SMILES string of the molecule is CCC1=C(O)c2c(oc(-c3ccc(O)c(C)c3C)cc2=O)C(CC)(CC)C1=O. The van der Waals surface area contributed by atoms with Crippen LogP contribution in [0.5, 0.6) is 5.75 Å². The van der Waals surface area contributed by atoms with Crippen LogP contribution in [0.2, 0.25) is 0 Å². The van der Waals surface area contributed by atoms with Gasteiger partial charge in [-0.25, -0.2) is 0 Å². The highest BCUT2D eigenvalue weighted by atomic mass is 16.3. The number of hydrogen-bond acceptors (Lipinski definition) is 5. The Morgan fingerprint density at radius 3 is 2.21 bits per heavy atom. The first-order chi connectivity index (χ1) is 13.2. The second kappa shape index (κ2) is 6.97. The van der Waals surface area contributed by atoms with Gasteiger partial charge >= 0.3 is 0 Å². The number of Topliss-reactive ketones (excluding diaryl/α,β-unsaturated/α-hetero) is 1. The topological polar surface area (TPSA) is 87.7 Å². The minimum Gasteiger partial charge on any atom is -0.508 e. The molecule has 0 unspecified atom stereocenters. The van der Waals surface area contributed by atoms with Crippen LogP contribution in [0.3, 0.4) is 0 Å². The summed E-state index contributed by atoms with van der Waals surface area (Å²) in [5.74, 6) is 0.296. The minimum absolute atomic E-state index is 0.0945. The fraction of sp³-hybridized carbons (Fsp3) is 0.391. The molecule has 2 N–H and O–H groups in total. The van der Waals surface area contributed by atoms with E-state index in [9.17, 15) is 19.8 Å². The van der Waals surface area contributed by atoms with E-state index in [-0.39, 0.29) is 39.6 Å². The van der Waals surface area contributed by atoms with Crippen molar-refractivity contribution in [2.75, 3.05) is 0 Å². The van der Waals surface area contributed by atoms with Crippen molar-refractivity contribution in [3.05, 3.63) is 56.4 Å². The number of hydrogen-bond donors (Lipinski definition) is 2. The number of aromatic hydroxyl groups is 1. The van der Waals surface area contributed by atoms with E-state index < -0.39 is 5.41 Å². The zero-order valence-corrected chi connectivity index (χ0v) is 17.0. The van der Waals surface area contributed by atoms with Crippen molar-refractivity contribution in [3.63, 3.8) is 0 Å². The van der Waals surface area contributed by atoms with Crippen molar-refractivity contribution in [1.82, 2.24) is 0 Å². The van der Waals surface area contributed by atoms with Crippen molar-refractivity contribution >= 4 is 11.5 Å². The van der Waals surface area contributed by atoms with Crippen LogP contribution in [-0.2, 0) is 10.2 Å². The second-order valence-corrected chi connectivity index (χ2v) is 7.36. The van der Waals surface area contributed by atoms with Crippen molar-refractivity contribution in [2.45, 2.75) is 59.3 Å². The number of aliphatic hydroxyl groups is 1. The maximum absolute atomic E-state index is 13.2. The Hall–Kier alpha value is -2.82. The Labute approximate surface area is 164 Å². The molecule has 148 valence electrons. The Kier molecular flexibility index (Phi) is 4.96. The summed E-state index contributed by atoms with van der Waals surface area (Å²) in [7, 11) is 0. The first-order valence-corrected chi connectivity index (χ1v) is 9.68. The number of rotatable bonds is 4. The van der Waals surface area contributed by atoms with E-state index >= 15 is 0 Å². The Morgan fingerprint density at radius 1 is 1.00 bits per heavy atom. The lowest BCUT2D eigenvalue weighted by Gasteiger charge is -2.35. The number of carbonyl (C=O) groups excluding carboxylic acids is 1. The fourth-order valence-electron chi connectivity index (χ4n) is 4.13. The Bertz CT molecular complexity index is 1050. The average molecular weight is 382 g/mol. The van der Waals surface area contributed by atoms with Gasteiger partial charge in [-0.2, -0.15) is 0 Å². The summed E-state index contributed by atoms with van der Waals surface area (Å²) in [4.78, 5) is 26.2. The maximum Gasteiger partial charge on any atom is 0.196 e. The molecule has 1 aliphatic rings. The first kappa shape index (κ1) is 19.9. The van der Waals surface area contributed by atoms with E-state index in [1.54, 1.807) is 26.0 Å². The largest absolute Gasteiger partial charge is 0.508 e. The molecule has 0 amide bonds. The maximum atomic E-state index is 13.2. The van der Waals surface area contributed by atoms with Crippen molar-refractivity contribution in [3.8, 4) is 17.1 Å². The second-order valence-electron chi connectivity index (χ2n) is 7.36. The van der Waals surface area contributed by atoms with Gasteiger partial charge in [0.15, 0.2) is 11.2 Å². The molecule has 28 heavy (non-hydrogen) atoms. The minimum atomic E-state index is -0.970. The molecule has 0 radical (unpaired) electrons. The lowest BCUT2D eigenvalue weighted by atomic mass is 9.68. The van der Waals surface area contributed by atoms with Gasteiger partial charge in [0.1, 0.15) is 28.6 Å². The highest BCUT2D eigenvalue weighted by Gasteiger charge is 2.48. The van der Waals surface area contributed by atoms with E-state index in [0.29, 0.717) is 36.1 Å². The van der Waals surface area contributed by atoms with E-state index in [1.807, 2.05) is 20.8 Å². The summed E-state index contributed by atoms with van der Waals surface area (Å²) in [6.45, 7) is 9.21. The number of benzene rings is 1. The molecule has 0 saturated carbocycles. The number of aliphatic hydroxyl groups excluding tert-OH is 1. The quantitative estimate of drug-likeness (QED) is 0.781. The number of phenolic OH excluding ortho intramolecular Hbond substituents is 1. The van der Waals surface area contributed by atoms with E-state index in [1.165, 1.54) is 6.07 Å². The third-order valence-electron chi connectivity index (χ3n) is 6.20. The van der Waals surface area contributed by atoms with Crippen LogP contribution < -0.4 is 5.43 Å². The molecule has 0 bridgehead atoms. The van der Waals surface area contributed by atoms with Gasteiger partial charge in [-0.1, -0.05) is 20.8 Å². The normalized spacial score (nSPS) is 15.7. The van der Waals surface area contributed by atoms with Gasteiger partial charge < -0.3 is 14.6 Å². The van der Waals surface area contributed by atoms with Crippen LogP contribution in [0.1, 0.15) is 62.5 Å². The number of fused-ring (bicyclic) bond motifs is 1. The van der Waals surface area contributed by atoms with Crippen LogP contribution in [0.15, 0.2) is 33.0 Å². The highest BCUT2D eigenvalue weighted by molar-refractivity contribution is 6.10. The van der Waals surface area contributed by atoms with Crippen LogP contribution in [0.4, 0.5) is 0 Å². The smallest absolute Gasteiger partial charge is 0.196 e. The van der Waals surface area contributed by atoms with Gasteiger partial charge in [-0.05, 0) is 56.4 Å². The van der Waals surface area contributed by atoms with E-state index in [4.69, 9.17) is 4.42 Å². The third kappa shape index (κ3) is 2.60. The molecule has 1 aromatic heterocycles. The van der Waals surface area contributed by atoms with Crippen molar-refractivity contribution < 1.29 is 19.4 Å². The predicted molar refractivity (Wildman–Crippen MR) is 109 cm³/mol.